The minimum absolute atomic E-state index is 0.142. The summed E-state index contributed by atoms with van der Waals surface area (Å²) in [4.78, 5) is 28.9. The van der Waals surface area contributed by atoms with Gasteiger partial charge in [0.1, 0.15) is 19.1 Å². The fourth-order valence-corrected chi connectivity index (χ4v) is 3.42. The number of hydrogen-bond donors (Lipinski definition) is 1. The van der Waals surface area contributed by atoms with Crippen molar-refractivity contribution in [3.8, 4) is 11.5 Å². The maximum absolute atomic E-state index is 12.8. The molecular weight excluding hydrogens is 334 g/mol. The fraction of sp³-hybridized carbons (Fsp3) is 0.579. The molecular formula is C19H27N3O4. The molecule has 1 fully saturated rings. The van der Waals surface area contributed by atoms with Crippen LogP contribution in [0, 0.1) is 11.3 Å². The summed E-state index contributed by atoms with van der Waals surface area (Å²) in [5.41, 5.74) is 6.31. The van der Waals surface area contributed by atoms with Gasteiger partial charge in [-0.25, -0.2) is 0 Å². The van der Waals surface area contributed by atoms with Gasteiger partial charge in [0.2, 0.25) is 11.8 Å². The number of benzene rings is 1. The molecule has 0 aliphatic carbocycles. The molecule has 7 heteroatoms. The predicted octanol–water partition coefficient (Wildman–Crippen LogP) is 1.25. The summed E-state index contributed by atoms with van der Waals surface area (Å²) in [6, 6.07) is 5.45. The van der Waals surface area contributed by atoms with Crippen LogP contribution >= 0.6 is 0 Å². The Hall–Kier alpha value is -2.28. The Balaban J connectivity index is 1.71. The first kappa shape index (κ1) is 18.5. The highest BCUT2D eigenvalue weighted by atomic mass is 16.6. The van der Waals surface area contributed by atoms with Crippen molar-refractivity contribution in [2.75, 3.05) is 44.8 Å². The molecule has 1 atom stereocenters. The lowest BCUT2D eigenvalue weighted by Gasteiger charge is -2.30. The van der Waals surface area contributed by atoms with E-state index in [4.69, 9.17) is 15.2 Å². The number of fused-ring (bicyclic) bond motifs is 1. The molecule has 0 aromatic heterocycles. The van der Waals surface area contributed by atoms with Crippen LogP contribution < -0.4 is 20.1 Å². The van der Waals surface area contributed by atoms with Crippen molar-refractivity contribution in [1.29, 1.82) is 0 Å². The smallest absolute Gasteiger partial charge is 0.239 e. The summed E-state index contributed by atoms with van der Waals surface area (Å²) < 4.78 is 11.1. The molecule has 3 rings (SSSR count). The van der Waals surface area contributed by atoms with Crippen molar-refractivity contribution >= 4 is 17.5 Å². The molecule has 2 aliphatic rings. The molecule has 0 radical (unpaired) electrons. The zero-order valence-corrected chi connectivity index (χ0v) is 15.7. The van der Waals surface area contributed by atoms with Crippen LogP contribution in [0.15, 0.2) is 18.2 Å². The number of carbonyl (C=O) groups is 2. The third-order valence-electron chi connectivity index (χ3n) is 4.94. The predicted molar refractivity (Wildman–Crippen MR) is 98.4 cm³/mol. The Kier molecular flexibility index (Phi) is 5.09. The van der Waals surface area contributed by atoms with E-state index in [0.29, 0.717) is 50.8 Å². The number of amides is 2. The Bertz CT molecular complexity index is 704. The van der Waals surface area contributed by atoms with E-state index in [-0.39, 0.29) is 17.2 Å². The van der Waals surface area contributed by atoms with Crippen LogP contribution in [-0.4, -0.2) is 56.6 Å². The Morgan fingerprint density at radius 1 is 1.31 bits per heavy atom. The summed E-state index contributed by atoms with van der Waals surface area (Å²) in [5, 5.41) is 0. The third kappa shape index (κ3) is 3.62. The molecule has 1 aromatic rings. The van der Waals surface area contributed by atoms with E-state index < -0.39 is 5.92 Å². The SMILES string of the molecule is CN(CC(C)(C)CN)C(=O)C1CCN(c2ccc3c(c2)OCCO3)C1=O. The van der Waals surface area contributed by atoms with Crippen molar-refractivity contribution in [3.05, 3.63) is 18.2 Å². The molecule has 0 bridgehead atoms. The molecule has 142 valence electrons. The second-order valence-corrected chi connectivity index (χ2v) is 7.72. The Morgan fingerprint density at radius 2 is 2.00 bits per heavy atom. The highest BCUT2D eigenvalue weighted by Crippen LogP contribution is 2.36. The highest BCUT2D eigenvalue weighted by Gasteiger charge is 2.40. The van der Waals surface area contributed by atoms with E-state index in [0.717, 1.165) is 5.69 Å². The molecule has 2 amide bonds. The van der Waals surface area contributed by atoms with Crippen LogP contribution in [-0.2, 0) is 9.59 Å². The van der Waals surface area contributed by atoms with Crippen molar-refractivity contribution in [3.63, 3.8) is 0 Å². The Morgan fingerprint density at radius 3 is 2.69 bits per heavy atom. The van der Waals surface area contributed by atoms with Crippen molar-refractivity contribution in [2.45, 2.75) is 20.3 Å². The molecule has 2 heterocycles. The van der Waals surface area contributed by atoms with Gasteiger partial charge in [-0.15, -0.1) is 0 Å². The first-order valence-electron chi connectivity index (χ1n) is 8.98. The van der Waals surface area contributed by atoms with Gasteiger partial charge in [-0.05, 0) is 30.5 Å². The molecule has 1 unspecified atom stereocenters. The number of anilines is 1. The van der Waals surface area contributed by atoms with Crippen LogP contribution in [0.4, 0.5) is 5.69 Å². The lowest BCUT2D eigenvalue weighted by atomic mass is 9.92. The van der Waals surface area contributed by atoms with E-state index in [1.807, 2.05) is 26.0 Å². The summed E-state index contributed by atoms with van der Waals surface area (Å²) in [5.74, 6) is 0.378. The number of carbonyl (C=O) groups excluding carboxylic acids is 2. The quantitative estimate of drug-likeness (QED) is 0.798. The average molecular weight is 361 g/mol. The van der Waals surface area contributed by atoms with Crippen LogP contribution in [0.3, 0.4) is 0 Å². The highest BCUT2D eigenvalue weighted by molar-refractivity contribution is 6.09. The van der Waals surface area contributed by atoms with Gasteiger partial charge in [-0.2, -0.15) is 0 Å². The van der Waals surface area contributed by atoms with E-state index in [2.05, 4.69) is 0 Å². The number of rotatable bonds is 5. The van der Waals surface area contributed by atoms with Gasteiger partial charge >= 0.3 is 0 Å². The maximum atomic E-state index is 12.8. The average Bonchev–Trinajstić information content (AvgIpc) is 3.01. The molecule has 2 aliphatic heterocycles. The number of ether oxygens (including phenoxy) is 2. The van der Waals surface area contributed by atoms with E-state index in [9.17, 15) is 9.59 Å². The maximum Gasteiger partial charge on any atom is 0.239 e. The Labute approximate surface area is 154 Å². The molecule has 0 spiro atoms. The molecule has 7 nitrogen and oxygen atoms in total. The molecule has 0 saturated carbocycles. The summed E-state index contributed by atoms with van der Waals surface area (Å²) in [6.45, 7) is 6.56. The van der Waals surface area contributed by atoms with Gasteiger partial charge in [0.15, 0.2) is 11.5 Å². The van der Waals surface area contributed by atoms with E-state index >= 15 is 0 Å². The van der Waals surface area contributed by atoms with E-state index in [1.165, 1.54) is 0 Å². The molecule has 2 N–H and O–H groups in total. The fourth-order valence-electron chi connectivity index (χ4n) is 3.42. The first-order chi connectivity index (χ1) is 12.3. The van der Waals surface area contributed by atoms with Crippen molar-refractivity contribution < 1.29 is 19.1 Å². The standard InChI is InChI=1S/C19H27N3O4/c1-19(2,11-20)12-21(3)17(23)14-6-7-22(18(14)24)13-4-5-15-16(10-13)26-9-8-25-15/h4-5,10,14H,6-9,11-12,20H2,1-3H3. The van der Waals surface area contributed by atoms with E-state index in [1.54, 1.807) is 22.9 Å². The zero-order chi connectivity index (χ0) is 18.9. The number of hydrogen-bond acceptors (Lipinski definition) is 5. The van der Waals surface area contributed by atoms with Gasteiger partial charge < -0.3 is 25.0 Å². The minimum Gasteiger partial charge on any atom is -0.486 e. The van der Waals surface area contributed by atoms with Crippen LogP contribution in [0.25, 0.3) is 0 Å². The van der Waals surface area contributed by atoms with Crippen LogP contribution in [0.5, 0.6) is 11.5 Å². The summed E-state index contributed by atoms with van der Waals surface area (Å²) in [7, 11) is 1.74. The largest absolute Gasteiger partial charge is 0.486 e. The molecule has 26 heavy (non-hydrogen) atoms. The topological polar surface area (TPSA) is 85.1 Å². The molecule has 1 aromatic carbocycles. The second-order valence-electron chi connectivity index (χ2n) is 7.72. The third-order valence-corrected chi connectivity index (χ3v) is 4.94. The zero-order valence-electron chi connectivity index (χ0n) is 15.7. The van der Waals surface area contributed by atoms with Gasteiger partial charge in [-0.3, -0.25) is 9.59 Å². The minimum atomic E-state index is -0.637. The monoisotopic (exact) mass is 361 g/mol. The lowest BCUT2D eigenvalue weighted by molar-refractivity contribution is -0.139. The first-order valence-corrected chi connectivity index (χ1v) is 8.98. The van der Waals surface area contributed by atoms with Crippen LogP contribution in [0.2, 0.25) is 0 Å². The van der Waals surface area contributed by atoms with Gasteiger partial charge in [0, 0.05) is 31.9 Å². The van der Waals surface area contributed by atoms with Gasteiger partial charge in [0.25, 0.3) is 0 Å². The number of nitrogens with two attached hydrogens (primary N) is 1. The van der Waals surface area contributed by atoms with Gasteiger partial charge in [0.05, 0.1) is 0 Å². The lowest BCUT2D eigenvalue weighted by Crippen LogP contribution is -2.44. The summed E-state index contributed by atoms with van der Waals surface area (Å²) >= 11 is 0. The van der Waals surface area contributed by atoms with Gasteiger partial charge in [-0.1, -0.05) is 13.8 Å². The normalized spacial score (nSPS) is 19.6. The molecule has 1 saturated heterocycles. The van der Waals surface area contributed by atoms with Crippen molar-refractivity contribution in [1.82, 2.24) is 4.90 Å². The number of nitrogens with zero attached hydrogens (tertiary/aromatic N) is 2. The van der Waals surface area contributed by atoms with Crippen molar-refractivity contribution in [2.24, 2.45) is 17.1 Å². The second kappa shape index (κ2) is 7.15. The van der Waals surface area contributed by atoms with Crippen LogP contribution in [0.1, 0.15) is 20.3 Å². The summed E-state index contributed by atoms with van der Waals surface area (Å²) in [6.07, 6.45) is 0.513.